The topological polar surface area (TPSA) is 130 Å². The molecule has 158 valence electrons. The van der Waals surface area contributed by atoms with E-state index in [4.69, 9.17) is 10.5 Å². The van der Waals surface area contributed by atoms with Crippen LogP contribution in [0.25, 0.3) is 0 Å². The van der Waals surface area contributed by atoms with Gasteiger partial charge in [-0.2, -0.15) is 0 Å². The summed E-state index contributed by atoms with van der Waals surface area (Å²) in [6.07, 6.45) is 1.89. The first kappa shape index (κ1) is 21.1. The standard InChI is InChI=1S/C20H24N6O4/c1-30-16-6-4-15(5-7-16)24-20(29)26-12-11-25(18(26)17(27)23-10-8-21)19(28)14-3-2-9-22-13-14/h2-7,9,13,18H,8,10-12,21H2,1H3,(H,23,27)(H,24,29). The van der Waals surface area contributed by atoms with E-state index in [-0.39, 0.29) is 32.1 Å². The van der Waals surface area contributed by atoms with E-state index in [1.807, 2.05) is 0 Å². The minimum Gasteiger partial charge on any atom is -0.497 e. The number of carbonyl (C=O) groups is 3. The number of nitrogens with zero attached hydrogens (tertiary/aromatic N) is 3. The van der Waals surface area contributed by atoms with Crippen molar-refractivity contribution in [1.29, 1.82) is 0 Å². The second-order valence-corrected chi connectivity index (χ2v) is 6.55. The number of nitrogens with one attached hydrogen (secondary N) is 2. The lowest BCUT2D eigenvalue weighted by molar-refractivity contribution is -0.127. The molecule has 1 aliphatic rings. The average molecular weight is 412 g/mol. The van der Waals surface area contributed by atoms with Crippen LogP contribution in [0, 0.1) is 0 Å². The van der Waals surface area contributed by atoms with Gasteiger partial charge in [0, 0.05) is 44.3 Å². The fourth-order valence-corrected chi connectivity index (χ4v) is 3.15. The summed E-state index contributed by atoms with van der Waals surface area (Å²) >= 11 is 0. The number of ether oxygens (including phenoxy) is 1. The van der Waals surface area contributed by atoms with Crippen LogP contribution in [0.4, 0.5) is 10.5 Å². The number of carbonyl (C=O) groups excluding carboxylic acids is 3. The highest BCUT2D eigenvalue weighted by Crippen LogP contribution is 2.21. The summed E-state index contributed by atoms with van der Waals surface area (Å²) in [5, 5.41) is 5.41. The molecular weight excluding hydrogens is 388 g/mol. The molecule has 4 N–H and O–H groups in total. The first-order chi connectivity index (χ1) is 14.5. The van der Waals surface area contributed by atoms with E-state index in [1.165, 1.54) is 16.0 Å². The molecule has 1 unspecified atom stereocenters. The van der Waals surface area contributed by atoms with Gasteiger partial charge < -0.3 is 26.0 Å². The quantitative estimate of drug-likeness (QED) is 0.633. The number of hydrogen-bond acceptors (Lipinski definition) is 6. The molecule has 1 atom stereocenters. The molecule has 3 rings (SSSR count). The molecule has 10 heteroatoms. The molecule has 1 saturated heterocycles. The van der Waals surface area contributed by atoms with Crippen molar-refractivity contribution < 1.29 is 19.1 Å². The maximum Gasteiger partial charge on any atom is 0.323 e. The Balaban J connectivity index is 1.80. The van der Waals surface area contributed by atoms with Crippen molar-refractivity contribution in [1.82, 2.24) is 20.1 Å². The van der Waals surface area contributed by atoms with Gasteiger partial charge in [0.05, 0.1) is 12.7 Å². The van der Waals surface area contributed by atoms with Crippen molar-refractivity contribution in [3.8, 4) is 5.75 Å². The summed E-state index contributed by atoms with van der Waals surface area (Å²) in [5.41, 5.74) is 6.35. The predicted octanol–water partition coefficient (Wildman–Crippen LogP) is 0.481. The van der Waals surface area contributed by atoms with E-state index < -0.39 is 18.1 Å². The molecule has 1 aromatic heterocycles. The number of hydrogen-bond donors (Lipinski definition) is 3. The number of anilines is 1. The first-order valence-corrected chi connectivity index (χ1v) is 9.45. The lowest BCUT2D eigenvalue weighted by Crippen LogP contribution is -2.55. The Morgan fingerprint density at radius 2 is 1.90 bits per heavy atom. The number of amides is 4. The average Bonchev–Trinajstić information content (AvgIpc) is 3.23. The van der Waals surface area contributed by atoms with Gasteiger partial charge in [0.2, 0.25) is 0 Å². The Labute approximate surface area is 174 Å². The zero-order valence-electron chi connectivity index (χ0n) is 16.6. The second-order valence-electron chi connectivity index (χ2n) is 6.55. The van der Waals surface area contributed by atoms with Gasteiger partial charge in [0.1, 0.15) is 5.75 Å². The molecular formula is C20H24N6O4. The van der Waals surface area contributed by atoms with Gasteiger partial charge in [0.15, 0.2) is 6.17 Å². The Morgan fingerprint density at radius 1 is 1.17 bits per heavy atom. The Kier molecular flexibility index (Phi) is 6.81. The zero-order valence-corrected chi connectivity index (χ0v) is 16.6. The highest BCUT2D eigenvalue weighted by Gasteiger charge is 2.42. The molecule has 0 spiro atoms. The Bertz CT molecular complexity index is 890. The number of aromatic nitrogens is 1. The summed E-state index contributed by atoms with van der Waals surface area (Å²) < 4.78 is 5.11. The Hall–Kier alpha value is -3.66. The van der Waals surface area contributed by atoms with Crippen molar-refractivity contribution in [2.24, 2.45) is 5.73 Å². The third kappa shape index (κ3) is 4.66. The second kappa shape index (κ2) is 9.70. The van der Waals surface area contributed by atoms with Crippen molar-refractivity contribution in [2.75, 3.05) is 38.6 Å². The van der Waals surface area contributed by atoms with Crippen LogP contribution in [0.3, 0.4) is 0 Å². The third-order valence-corrected chi connectivity index (χ3v) is 4.62. The van der Waals surface area contributed by atoms with Gasteiger partial charge in [-0.15, -0.1) is 0 Å². The molecule has 0 radical (unpaired) electrons. The van der Waals surface area contributed by atoms with Crippen molar-refractivity contribution in [3.05, 3.63) is 54.4 Å². The fraction of sp³-hybridized carbons (Fsp3) is 0.300. The van der Waals surface area contributed by atoms with E-state index in [1.54, 1.807) is 49.7 Å². The molecule has 1 aliphatic heterocycles. The zero-order chi connectivity index (χ0) is 21.5. The molecule has 1 aromatic carbocycles. The molecule has 2 aromatic rings. The van der Waals surface area contributed by atoms with E-state index >= 15 is 0 Å². The van der Waals surface area contributed by atoms with Crippen LogP contribution in [0.2, 0.25) is 0 Å². The van der Waals surface area contributed by atoms with E-state index in [9.17, 15) is 14.4 Å². The number of methoxy groups -OCH3 is 1. The lowest BCUT2D eigenvalue weighted by atomic mass is 10.2. The maximum atomic E-state index is 12.9. The largest absolute Gasteiger partial charge is 0.497 e. The number of rotatable bonds is 6. The van der Waals surface area contributed by atoms with Crippen LogP contribution in [0.1, 0.15) is 10.4 Å². The number of nitrogens with two attached hydrogens (primary N) is 1. The van der Waals surface area contributed by atoms with E-state index in [2.05, 4.69) is 15.6 Å². The van der Waals surface area contributed by atoms with Gasteiger partial charge in [-0.05, 0) is 36.4 Å². The number of urea groups is 1. The predicted molar refractivity (Wildman–Crippen MR) is 110 cm³/mol. The van der Waals surface area contributed by atoms with Crippen LogP contribution in [-0.2, 0) is 4.79 Å². The van der Waals surface area contributed by atoms with E-state index in [0.29, 0.717) is 17.0 Å². The van der Waals surface area contributed by atoms with Crippen LogP contribution in [0.15, 0.2) is 48.8 Å². The maximum absolute atomic E-state index is 12.9. The fourth-order valence-electron chi connectivity index (χ4n) is 3.15. The molecule has 30 heavy (non-hydrogen) atoms. The van der Waals surface area contributed by atoms with Crippen LogP contribution < -0.4 is 21.1 Å². The first-order valence-electron chi connectivity index (χ1n) is 9.45. The smallest absolute Gasteiger partial charge is 0.323 e. The molecule has 2 heterocycles. The van der Waals surface area contributed by atoms with Gasteiger partial charge in [-0.3, -0.25) is 19.5 Å². The van der Waals surface area contributed by atoms with Gasteiger partial charge >= 0.3 is 6.03 Å². The number of benzene rings is 1. The summed E-state index contributed by atoms with van der Waals surface area (Å²) in [5.74, 6) is -0.197. The van der Waals surface area contributed by atoms with Crippen molar-refractivity contribution in [3.63, 3.8) is 0 Å². The normalized spacial score (nSPS) is 15.6. The van der Waals surface area contributed by atoms with Crippen molar-refractivity contribution >= 4 is 23.5 Å². The van der Waals surface area contributed by atoms with E-state index in [0.717, 1.165) is 0 Å². The minimum absolute atomic E-state index is 0.203. The summed E-state index contributed by atoms with van der Waals surface area (Å²) in [4.78, 5) is 45.3. The van der Waals surface area contributed by atoms with Crippen LogP contribution in [0.5, 0.6) is 5.75 Å². The highest BCUT2D eigenvalue weighted by atomic mass is 16.5. The summed E-state index contributed by atoms with van der Waals surface area (Å²) in [6, 6.07) is 9.57. The summed E-state index contributed by atoms with van der Waals surface area (Å²) in [6.45, 7) is 0.893. The molecule has 0 aliphatic carbocycles. The SMILES string of the molecule is COc1ccc(NC(=O)N2CCN(C(=O)c3cccnc3)C2C(=O)NCCN)cc1. The minimum atomic E-state index is -1.09. The van der Waals surface area contributed by atoms with Crippen molar-refractivity contribution in [2.45, 2.75) is 6.17 Å². The number of pyridine rings is 1. The third-order valence-electron chi connectivity index (χ3n) is 4.62. The van der Waals surface area contributed by atoms with Crippen LogP contribution >= 0.6 is 0 Å². The molecule has 0 saturated carbocycles. The molecule has 0 bridgehead atoms. The van der Waals surface area contributed by atoms with Gasteiger partial charge in [0.25, 0.3) is 11.8 Å². The molecule has 4 amide bonds. The highest BCUT2D eigenvalue weighted by molar-refractivity contribution is 6.00. The van der Waals surface area contributed by atoms with Gasteiger partial charge in [-0.25, -0.2) is 4.79 Å². The monoisotopic (exact) mass is 412 g/mol. The Morgan fingerprint density at radius 3 is 2.53 bits per heavy atom. The lowest BCUT2D eigenvalue weighted by Gasteiger charge is -2.29. The van der Waals surface area contributed by atoms with Crippen LogP contribution in [-0.4, -0.2) is 72.1 Å². The molecule has 10 nitrogen and oxygen atoms in total. The van der Waals surface area contributed by atoms with Gasteiger partial charge in [-0.1, -0.05) is 0 Å². The molecule has 1 fully saturated rings. The summed E-state index contributed by atoms with van der Waals surface area (Å²) in [7, 11) is 1.55.